The Morgan fingerprint density at radius 1 is 1.53 bits per heavy atom. The molecule has 2 rings (SSSR count). The SMILES string of the molecule is CCCC(N)=O.O=C1NCC12CCC(O)CC2. The zero-order valence-electron chi connectivity index (χ0n) is 10.4. The van der Waals surface area contributed by atoms with E-state index in [0.29, 0.717) is 6.42 Å². The number of hydrogen-bond donors (Lipinski definition) is 3. The van der Waals surface area contributed by atoms with E-state index in [0.717, 1.165) is 38.6 Å². The fraction of sp³-hybridized carbons (Fsp3) is 0.833. The van der Waals surface area contributed by atoms with E-state index in [4.69, 9.17) is 5.73 Å². The summed E-state index contributed by atoms with van der Waals surface area (Å²) in [6, 6.07) is 0. The predicted octanol–water partition coefficient (Wildman–Crippen LogP) is 0.309. The van der Waals surface area contributed by atoms with Gasteiger partial charge in [-0.1, -0.05) is 6.92 Å². The smallest absolute Gasteiger partial charge is 0.228 e. The van der Waals surface area contributed by atoms with Crippen molar-refractivity contribution in [3.8, 4) is 0 Å². The van der Waals surface area contributed by atoms with Gasteiger partial charge in [-0.2, -0.15) is 0 Å². The summed E-state index contributed by atoms with van der Waals surface area (Å²) in [6.07, 6.45) is 4.56. The van der Waals surface area contributed by atoms with Gasteiger partial charge in [-0.25, -0.2) is 0 Å². The van der Waals surface area contributed by atoms with E-state index in [-0.39, 0.29) is 23.3 Å². The minimum absolute atomic E-state index is 0.0702. The van der Waals surface area contributed by atoms with E-state index in [2.05, 4.69) is 5.32 Å². The van der Waals surface area contributed by atoms with E-state index >= 15 is 0 Å². The second-order valence-corrected chi connectivity index (χ2v) is 4.91. The number of β-lactam (4-membered cyclic amide) rings is 1. The van der Waals surface area contributed by atoms with Crippen LogP contribution in [0.3, 0.4) is 0 Å². The molecule has 98 valence electrons. The third-order valence-corrected chi connectivity index (χ3v) is 3.48. The third-order valence-electron chi connectivity index (χ3n) is 3.48. The number of amides is 2. The van der Waals surface area contributed by atoms with Crippen molar-refractivity contribution in [3.63, 3.8) is 0 Å². The Labute approximate surface area is 102 Å². The number of aliphatic hydroxyl groups is 1. The van der Waals surface area contributed by atoms with Gasteiger partial charge in [-0.15, -0.1) is 0 Å². The number of aliphatic hydroxyl groups excluding tert-OH is 1. The molecule has 2 aliphatic rings. The lowest BCUT2D eigenvalue weighted by Gasteiger charge is -2.44. The van der Waals surface area contributed by atoms with Crippen LogP contribution in [0.15, 0.2) is 0 Å². The average molecular weight is 242 g/mol. The van der Waals surface area contributed by atoms with Crippen molar-refractivity contribution in [2.45, 2.75) is 51.6 Å². The summed E-state index contributed by atoms with van der Waals surface area (Å²) in [5, 5.41) is 12.0. The van der Waals surface area contributed by atoms with Crippen molar-refractivity contribution in [1.82, 2.24) is 5.32 Å². The quantitative estimate of drug-likeness (QED) is 0.608. The topological polar surface area (TPSA) is 92.4 Å². The maximum absolute atomic E-state index is 11.1. The van der Waals surface area contributed by atoms with Crippen molar-refractivity contribution in [3.05, 3.63) is 0 Å². The number of rotatable bonds is 2. The molecule has 1 aliphatic heterocycles. The summed E-state index contributed by atoms with van der Waals surface area (Å²) in [5.41, 5.74) is 4.69. The average Bonchev–Trinajstić information content (AvgIpc) is 2.29. The molecule has 0 aromatic rings. The van der Waals surface area contributed by atoms with Crippen LogP contribution < -0.4 is 11.1 Å². The van der Waals surface area contributed by atoms with Crippen LogP contribution in [0, 0.1) is 5.41 Å². The van der Waals surface area contributed by atoms with Gasteiger partial charge in [-0.05, 0) is 32.1 Å². The van der Waals surface area contributed by atoms with Gasteiger partial charge in [0.05, 0.1) is 11.5 Å². The predicted molar refractivity (Wildman–Crippen MR) is 64.0 cm³/mol. The molecule has 5 heteroatoms. The molecule has 0 aromatic carbocycles. The lowest BCUT2D eigenvalue weighted by molar-refractivity contribution is -0.144. The number of carbonyl (C=O) groups is 2. The van der Waals surface area contributed by atoms with Gasteiger partial charge >= 0.3 is 0 Å². The third kappa shape index (κ3) is 3.70. The fourth-order valence-electron chi connectivity index (χ4n) is 2.22. The van der Waals surface area contributed by atoms with Crippen molar-refractivity contribution in [2.75, 3.05) is 6.54 Å². The maximum atomic E-state index is 11.1. The first-order chi connectivity index (χ1) is 8.00. The largest absolute Gasteiger partial charge is 0.393 e. The summed E-state index contributed by atoms with van der Waals surface area (Å²) >= 11 is 0. The molecule has 0 unspecified atom stereocenters. The highest BCUT2D eigenvalue weighted by molar-refractivity contribution is 5.88. The van der Waals surface area contributed by atoms with E-state index in [9.17, 15) is 14.7 Å². The molecule has 2 amide bonds. The van der Waals surface area contributed by atoms with Crippen LogP contribution in [0.25, 0.3) is 0 Å². The summed E-state index contributed by atoms with van der Waals surface area (Å²) in [7, 11) is 0. The minimum atomic E-state index is -0.211. The Kier molecular flexibility index (Phi) is 4.93. The summed E-state index contributed by atoms with van der Waals surface area (Å²) in [4.78, 5) is 20.9. The number of nitrogens with two attached hydrogens (primary N) is 1. The number of primary amides is 1. The van der Waals surface area contributed by atoms with Crippen LogP contribution in [0.5, 0.6) is 0 Å². The van der Waals surface area contributed by atoms with Gasteiger partial charge in [-0.3, -0.25) is 9.59 Å². The van der Waals surface area contributed by atoms with Crippen LogP contribution in [-0.4, -0.2) is 29.6 Å². The van der Waals surface area contributed by atoms with E-state index in [1.54, 1.807) is 0 Å². The Bertz CT molecular complexity index is 283. The van der Waals surface area contributed by atoms with Crippen molar-refractivity contribution < 1.29 is 14.7 Å². The molecule has 1 heterocycles. The van der Waals surface area contributed by atoms with Crippen LogP contribution in [0.2, 0.25) is 0 Å². The van der Waals surface area contributed by atoms with Gasteiger partial charge in [0.15, 0.2) is 0 Å². The monoisotopic (exact) mass is 242 g/mol. The van der Waals surface area contributed by atoms with Crippen molar-refractivity contribution >= 4 is 11.8 Å². The number of carbonyl (C=O) groups excluding carboxylic acids is 2. The molecule has 1 spiro atoms. The Morgan fingerprint density at radius 2 is 2.12 bits per heavy atom. The highest BCUT2D eigenvalue weighted by atomic mass is 16.3. The Morgan fingerprint density at radius 3 is 2.35 bits per heavy atom. The zero-order valence-corrected chi connectivity index (χ0v) is 10.4. The summed E-state index contributed by atoms with van der Waals surface area (Å²) in [5.74, 6) is -0.0121. The lowest BCUT2D eigenvalue weighted by atomic mass is 9.68. The molecule has 4 N–H and O–H groups in total. The van der Waals surface area contributed by atoms with Crippen molar-refractivity contribution in [2.24, 2.45) is 11.1 Å². The number of hydrogen-bond acceptors (Lipinski definition) is 3. The van der Waals surface area contributed by atoms with Gasteiger partial charge in [0.1, 0.15) is 0 Å². The summed E-state index contributed by atoms with van der Waals surface area (Å²) < 4.78 is 0. The second-order valence-electron chi connectivity index (χ2n) is 4.91. The standard InChI is InChI=1S/C8H13NO2.C4H9NO/c10-6-1-3-8(4-2-6)5-9-7(8)11;1-2-3-4(5)6/h6,10H,1-5H2,(H,9,11);2-3H2,1H3,(H2,5,6). The first kappa shape index (κ1) is 14.0. The molecule has 17 heavy (non-hydrogen) atoms. The highest BCUT2D eigenvalue weighted by Crippen LogP contribution is 2.40. The van der Waals surface area contributed by atoms with Crippen LogP contribution in [0.1, 0.15) is 45.4 Å². The normalized spacial score (nSPS) is 30.9. The fourth-order valence-corrected chi connectivity index (χ4v) is 2.22. The second kappa shape index (κ2) is 6.00. The number of nitrogens with one attached hydrogen (secondary N) is 1. The molecule has 0 atom stereocenters. The first-order valence-electron chi connectivity index (χ1n) is 6.25. The van der Waals surface area contributed by atoms with Crippen LogP contribution >= 0.6 is 0 Å². The lowest BCUT2D eigenvalue weighted by Crippen LogP contribution is -2.60. The molecular formula is C12H22N2O3. The molecule has 0 bridgehead atoms. The molecule has 0 aromatic heterocycles. The highest BCUT2D eigenvalue weighted by Gasteiger charge is 2.47. The van der Waals surface area contributed by atoms with E-state index < -0.39 is 0 Å². The van der Waals surface area contributed by atoms with E-state index in [1.807, 2.05) is 6.92 Å². The Balaban J connectivity index is 0.000000209. The molecule has 1 aliphatic carbocycles. The minimum Gasteiger partial charge on any atom is -0.393 e. The molecule has 1 saturated heterocycles. The molecule has 5 nitrogen and oxygen atoms in total. The first-order valence-corrected chi connectivity index (χ1v) is 6.25. The van der Waals surface area contributed by atoms with Gasteiger partial charge in [0.25, 0.3) is 0 Å². The maximum Gasteiger partial charge on any atom is 0.228 e. The molecule has 0 radical (unpaired) electrons. The zero-order chi connectivity index (χ0) is 12.9. The molecular weight excluding hydrogens is 220 g/mol. The molecule has 2 fully saturated rings. The Hall–Kier alpha value is -1.10. The van der Waals surface area contributed by atoms with Crippen LogP contribution in [-0.2, 0) is 9.59 Å². The van der Waals surface area contributed by atoms with Gasteiger partial charge in [0.2, 0.25) is 11.8 Å². The van der Waals surface area contributed by atoms with Crippen molar-refractivity contribution in [1.29, 1.82) is 0 Å². The van der Waals surface area contributed by atoms with E-state index in [1.165, 1.54) is 0 Å². The van der Waals surface area contributed by atoms with Gasteiger partial charge < -0.3 is 16.2 Å². The van der Waals surface area contributed by atoms with Gasteiger partial charge in [0, 0.05) is 13.0 Å². The van der Waals surface area contributed by atoms with Crippen LogP contribution in [0.4, 0.5) is 0 Å². The molecule has 1 saturated carbocycles. The summed E-state index contributed by atoms with van der Waals surface area (Å²) in [6.45, 7) is 2.75.